The maximum absolute atomic E-state index is 12.5. The van der Waals surface area contributed by atoms with E-state index >= 15 is 0 Å². The summed E-state index contributed by atoms with van der Waals surface area (Å²) in [6, 6.07) is 11.2. The van der Waals surface area contributed by atoms with Gasteiger partial charge in [-0.15, -0.1) is 22.7 Å². The third-order valence-electron chi connectivity index (χ3n) is 4.43. The van der Waals surface area contributed by atoms with Crippen molar-refractivity contribution in [2.45, 2.75) is 31.9 Å². The van der Waals surface area contributed by atoms with Gasteiger partial charge < -0.3 is 9.64 Å². The van der Waals surface area contributed by atoms with E-state index in [4.69, 9.17) is 4.74 Å². The molecule has 1 unspecified atom stereocenters. The van der Waals surface area contributed by atoms with E-state index in [1.54, 1.807) is 16.2 Å². The molecule has 0 spiro atoms. The molecule has 134 valence electrons. The second-order valence-electron chi connectivity index (χ2n) is 6.18. The van der Waals surface area contributed by atoms with Crippen LogP contribution in [0, 0.1) is 0 Å². The van der Waals surface area contributed by atoms with Gasteiger partial charge in [-0.1, -0.05) is 18.2 Å². The van der Waals surface area contributed by atoms with E-state index in [0.29, 0.717) is 19.4 Å². The molecule has 3 heterocycles. The highest BCUT2D eigenvalue weighted by Gasteiger charge is 2.35. The van der Waals surface area contributed by atoms with Crippen LogP contribution in [0.2, 0.25) is 0 Å². The molecule has 1 aliphatic heterocycles. The third-order valence-corrected chi connectivity index (χ3v) is 6.31. The number of thiophene rings is 1. The number of para-hydroxylation sites is 1. The molecular weight excluding hydrogens is 368 g/mol. The smallest absolute Gasteiger partial charge is 0.329 e. The molecule has 5 nitrogen and oxygen atoms in total. The number of fused-ring (bicyclic) bond motifs is 1. The maximum Gasteiger partial charge on any atom is 0.329 e. The first-order chi connectivity index (χ1) is 12.7. The number of thiazole rings is 1. The topological polar surface area (TPSA) is 59.5 Å². The Morgan fingerprint density at radius 1 is 1.23 bits per heavy atom. The minimum atomic E-state index is -0.475. The van der Waals surface area contributed by atoms with Crippen molar-refractivity contribution < 1.29 is 14.3 Å². The average Bonchev–Trinajstić information content (AvgIpc) is 3.38. The Morgan fingerprint density at radius 3 is 2.92 bits per heavy atom. The number of esters is 1. The van der Waals surface area contributed by atoms with Crippen LogP contribution in [0.25, 0.3) is 10.2 Å². The van der Waals surface area contributed by atoms with Gasteiger partial charge in [0, 0.05) is 11.4 Å². The first-order valence-corrected chi connectivity index (χ1v) is 10.2. The van der Waals surface area contributed by atoms with Gasteiger partial charge in [-0.3, -0.25) is 4.79 Å². The number of rotatable bonds is 5. The lowest BCUT2D eigenvalue weighted by molar-refractivity contribution is -0.154. The van der Waals surface area contributed by atoms with Crippen molar-refractivity contribution in [2.75, 3.05) is 6.54 Å². The fraction of sp³-hybridized carbons (Fsp3) is 0.316. The molecule has 1 fully saturated rings. The van der Waals surface area contributed by atoms with Crippen LogP contribution in [-0.2, 0) is 27.4 Å². The molecule has 7 heteroatoms. The van der Waals surface area contributed by atoms with Crippen LogP contribution < -0.4 is 0 Å². The third kappa shape index (κ3) is 3.64. The minimum absolute atomic E-state index is 0.00751. The van der Waals surface area contributed by atoms with Crippen LogP contribution in [0.5, 0.6) is 0 Å². The van der Waals surface area contributed by atoms with E-state index in [1.807, 2.05) is 41.8 Å². The molecule has 1 saturated heterocycles. The molecule has 3 aromatic rings. The van der Waals surface area contributed by atoms with Crippen LogP contribution in [0.4, 0.5) is 0 Å². The summed E-state index contributed by atoms with van der Waals surface area (Å²) in [4.78, 5) is 32.2. The predicted octanol–water partition coefficient (Wildman–Crippen LogP) is 3.63. The molecule has 0 aliphatic carbocycles. The Balaban J connectivity index is 1.37. The lowest BCUT2D eigenvalue weighted by Gasteiger charge is -2.23. The zero-order chi connectivity index (χ0) is 17.9. The van der Waals surface area contributed by atoms with E-state index < -0.39 is 6.04 Å². The summed E-state index contributed by atoms with van der Waals surface area (Å²) in [6.07, 6.45) is 1.84. The largest absolute Gasteiger partial charge is 0.457 e. The number of ether oxygens (including phenoxy) is 1. The van der Waals surface area contributed by atoms with Gasteiger partial charge in [-0.25, -0.2) is 9.78 Å². The number of amides is 1. The minimum Gasteiger partial charge on any atom is -0.457 e. The Hall–Kier alpha value is -2.25. The number of carbonyl (C=O) groups excluding carboxylic acids is 2. The molecule has 0 bridgehead atoms. The summed E-state index contributed by atoms with van der Waals surface area (Å²) in [6.45, 7) is 0.771. The monoisotopic (exact) mass is 386 g/mol. The van der Waals surface area contributed by atoms with Gasteiger partial charge in [-0.2, -0.15) is 0 Å². The Kier molecular flexibility index (Phi) is 4.99. The number of carbonyl (C=O) groups is 2. The summed E-state index contributed by atoms with van der Waals surface area (Å²) in [5, 5.41) is 2.73. The number of hydrogen-bond donors (Lipinski definition) is 0. The zero-order valence-electron chi connectivity index (χ0n) is 14.1. The number of hydrogen-bond acceptors (Lipinski definition) is 6. The highest BCUT2D eigenvalue weighted by Crippen LogP contribution is 2.24. The second-order valence-corrected chi connectivity index (χ2v) is 8.33. The zero-order valence-corrected chi connectivity index (χ0v) is 15.7. The van der Waals surface area contributed by atoms with Gasteiger partial charge in [0.2, 0.25) is 5.91 Å². The summed E-state index contributed by atoms with van der Waals surface area (Å²) in [7, 11) is 0. The molecule has 4 rings (SSSR count). The summed E-state index contributed by atoms with van der Waals surface area (Å²) in [5.41, 5.74) is 0.914. The highest BCUT2D eigenvalue weighted by atomic mass is 32.1. The first-order valence-electron chi connectivity index (χ1n) is 8.53. The van der Waals surface area contributed by atoms with E-state index in [1.165, 1.54) is 11.3 Å². The maximum atomic E-state index is 12.5. The lowest BCUT2D eigenvalue weighted by Crippen LogP contribution is -2.42. The van der Waals surface area contributed by atoms with Crippen LogP contribution >= 0.6 is 22.7 Å². The van der Waals surface area contributed by atoms with E-state index in [-0.39, 0.29) is 18.5 Å². The highest BCUT2D eigenvalue weighted by molar-refractivity contribution is 7.18. The predicted molar refractivity (Wildman–Crippen MR) is 102 cm³/mol. The number of aromatic nitrogens is 1. The normalized spacial score (nSPS) is 16.9. The van der Waals surface area contributed by atoms with E-state index in [2.05, 4.69) is 4.98 Å². The van der Waals surface area contributed by atoms with Gasteiger partial charge in [0.15, 0.2) is 0 Å². The fourth-order valence-corrected chi connectivity index (χ4v) is 4.76. The van der Waals surface area contributed by atoms with Crippen molar-refractivity contribution in [3.05, 3.63) is 51.7 Å². The Labute approximate surface area is 159 Å². The molecule has 26 heavy (non-hydrogen) atoms. The van der Waals surface area contributed by atoms with Gasteiger partial charge >= 0.3 is 5.97 Å². The first kappa shape index (κ1) is 17.2. The second kappa shape index (κ2) is 7.55. The van der Waals surface area contributed by atoms with Crippen molar-refractivity contribution in [3.8, 4) is 0 Å². The van der Waals surface area contributed by atoms with Gasteiger partial charge in [0.05, 0.1) is 16.6 Å². The van der Waals surface area contributed by atoms with Crippen molar-refractivity contribution in [3.63, 3.8) is 0 Å². The van der Waals surface area contributed by atoms with Crippen LogP contribution in [-0.4, -0.2) is 34.3 Å². The quantitative estimate of drug-likeness (QED) is 0.628. The SMILES string of the molecule is O=C(OCc1nc2ccccc2s1)C1CCCN1C(=O)Cc1cccs1. The van der Waals surface area contributed by atoms with Crippen LogP contribution in [0.15, 0.2) is 41.8 Å². The average molecular weight is 386 g/mol. The van der Waals surface area contributed by atoms with Gasteiger partial charge in [-0.05, 0) is 36.4 Å². The Bertz CT molecular complexity index is 887. The van der Waals surface area contributed by atoms with Crippen LogP contribution in [0.1, 0.15) is 22.7 Å². The number of likely N-dealkylation sites (tertiary alicyclic amines) is 1. The van der Waals surface area contributed by atoms with E-state index in [0.717, 1.165) is 26.5 Å². The summed E-state index contributed by atoms with van der Waals surface area (Å²) in [5.74, 6) is -0.340. The molecule has 0 N–H and O–H groups in total. The van der Waals surface area contributed by atoms with Crippen molar-refractivity contribution in [1.82, 2.24) is 9.88 Å². The molecular formula is C19H18N2O3S2. The molecule has 1 aliphatic rings. The molecule has 0 saturated carbocycles. The van der Waals surface area contributed by atoms with Crippen molar-refractivity contribution >= 4 is 44.8 Å². The standard InChI is InChI=1S/C19H18N2O3S2/c22-18(11-13-5-4-10-25-13)21-9-3-7-15(21)19(23)24-12-17-20-14-6-1-2-8-16(14)26-17/h1-2,4-6,8,10,15H,3,7,9,11-12H2. The van der Waals surface area contributed by atoms with Crippen molar-refractivity contribution in [1.29, 1.82) is 0 Å². The number of nitrogens with zero attached hydrogens (tertiary/aromatic N) is 2. The van der Waals surface area contributed by atoms with Gasteiger partial charge in [0.1, 0.15) is 17.7 Å². The molecule has 0 radical (unpaired) electrons. The fourth-order valence-electron chi connectivity index (χ4n) is 3.18. The van der Waals surface area contributed by atoms with Crippen LogP contribution in [0.3, 0.4) is 0 Å². The number of benzene rings is 1. The van der Waals surface area contributed by atoms with E-state index in [9.17, 15) is 9.59 Å². The molecule has 1 atom stereocenters. The lowest BCUT2D eigenvalue weighted by atomic mass is 10.2. The summed E-state index contributed by atoms with van der Waals surface area (Å²) < 4.78 is 6.55. The summed E-state index contributed by atoms with van der Waals surface area (Å²) >= 11 is 3.08. The van der Waals surface area contributed by atoms with Gasteiger partial charge in [0.25, 0.3) is 0 Å². The Morgan fingerprint density at radius 2 is 2.12 bits per heavy atom. The molecule has 1 aromatic carbocycles. The molecule has 1 amide bonds. The van der Waals surface area contributed by atoms with Crippen molar-refractivity contribution in [2.24, 2.45) is 0 Å². The molecule has 2 aromatic heterocycles.